The molecule has 3 unspecified atom stereocenters. The van der Waals surface area contributed by atoms with Gasteiger partial charge >= 0.3 is 5.69 Å². The molecule has 0 heterocycles. The predicted octanol–water partition coefficient (Wildman–Crippen LogP) is 3.39. The van der Waals surface area contributed by atoms with Crippen molar-refractivity contribution in [3.05, 3.63) is 32.5 Å². The lowest BCUT2D eigenvalue weighted by Gasteiger charge is -2.51. The van der Waals surface area contributed by atoms with Crippen LogP contribution in [0.5, 0.6) is 5.75 Å². The molecule has 0 radical (unpaired) electrons. The Kier molecular flexibility index (Phi) is 4.02. The Morgan fingerprint density at radius 3 is 2.80 bits per heavy atom. The van der Waals surface area contributed by atoms with Crippen LogP contribution in [-0.4, -0.2) is 17.1 Å². The van der Waals surface area contributed by atoms with Crippen molar-refractivity contribution < 1.29 is 14.1 Å². The first-order chi connectivity index (χ1) is 9.29. The van der Waals surface area contributed by atoms with Crippen LogP contribution >= 0.6 is 15.9 Å². The summed E-state index contributed by atoms with van der Waals surface area (Å²) in [6, 6.07) is 2.16. The molecule has 0 aliphatic heterocycles. The lowest BCUT2D eigenvalue weighted by molar-refractivity contribution is -0.386. The number of nitro benzene ring substituents is 1. The van der Waals surface area contributed by atoms with E-state index < -0.39 is 10.7 Å². The fourth-order valence-corrected chi connectivity index (χ4v) is 2.76. The zero-order valence-electron chi connectivity index (χ0n) is 11.2. The maximum Gasteiger partial charge on any atom is 0.312 e. The Labute approximate surface area is 124 Å². The molecule has 7 heteroatoms. The van der Waals surface area contributed by atoms with Crippen LogP contribution in [-0.2, 0) is 0 Å². The van der Waals surface area contributed by atoms with E-state index in [4.69, 9.17) is 10.5 Å². The van der Waals surface area contributed by atoms with Crippen LogP contribution in [0.2, 0.25) is 0 Å². The van der Waals surface area contributed by atoms with Crippen LogP contribution in [0.3, 0.4) is 0 Å². The van der Waals surface area contributed by atoms with E-state index in [0.717, 1.165) is 18.6 Å². The van der Waals surface area contributed by atoms with Gasteiger partial charge in [-0.05, 0) is 22.4 Å². The van der Waals surface area contributed by atoms with Crippen molar-refractivity contribution in [2.24, 2.45) is 11.1 Å². The van der Waals surface area contributed by atoms with E-state index in [0.29, 0.717) is 6.42 Å². The average Bonchev–Trinajstić information content (AvgIpc) is 2.40. The quantitative estimate of drug-likeness (QED) is 0.669. The molecule has 1 aliphatic carbocycles. The molecule has 1 aromatic carbocycles. The highest BCUT2D eigenvalue weighted by Gasteiger charge is 2.50. The molecule has 0 bridgehead atoms. The molecule has 20 heavy (non-hydrogen) atoms. The summed E-state index contributed by atoms with van der Waals surface area (Å²) in [5.41, 5.74) is 5.48. The van der Waals surface area contributed by atoms with Gasteiger partial charge in [-0.2, -0.15) is 0 Å². The molecule has 3 atom stereocenters. The lowest BCUT2D eigenvalue weighted by atomic mass is 9.62. The second kappa shape index (κ2) is 5.29. The summed E-state index contributed by atoms with van der Waals surface area (Å²) in [4.78, 5) is 10.4. The molecule has 0 spiro atoms. The molecule has 0 amide bonds. The first-order valence-electron chi connectivity index (χ1n) is 6.35. The maximum absolute atomic E-state index is 13.6. The number of hydrogen-bond donors (Lipinski definition) is 1. The van der Waals surface area contributed by atoms with Crippen molar-refractivity contribution in [2.45, 2.75) is 38.8 Å². The van der Waals surface area contributed by atoms with Crippen molar-refractivity contribution in [3.8, 4) is 5.75 Å². The topological polar surface area (TPSA) is 78.4 Å². The van der Waals surface area contributed by atoms with Crippen molar-refractivity contribution >= 4 is 21.6 Å². The van der Waals surface area contributed by atoms with Gasteiger partial charge in [-0.1, -0.05) is 13.8 Å². The lowest BCUT2D eigenvalue weighted by Crippen LogP contribution is -2.61. The Hall–Kier alpha value is -1.21. The monoisotopic (exact) mass is 346 g/mol. The maximum atomic E-state index is 13.6. The van der Waals surface area contributed by atoms with Crippen LogP contribution in [0.4, 0.5) is 10.1 Å². The van der Waals surface area contributed by atoms with Gasteiger partial charge < -0.3 is 10.5 Å². The molecule has 1 fully saturated rings. The Morgan fingerprint density at radius 1 is 1.65 bits per heavy atom. The zero-order valence-corrected chi connectivity index (χ0v) is 12.8. The summed E-state index contributed by atoms with van der Waals surface area (Å²) in [6.07, 6.45) is 1.17. The minimum Gasteiger partial charge on any atom is -0.483 e. The number of nitrogens with zero attached hydrogens (tertiary/aromatic N) is 1. The number of halogens is 2. The number of nitro groups is 1. The molecule has 2 rings (SSSR count). The number of benzene rings is 1. The Bertz CT molecular complexity index is 555. The van der Waals surface area contributed by atoms with Gasteiger partial charge in [0.25, 0.3) is 0 Å². The largest absolute Gasteiger partial charge is 0.483 e. The van der Waals surface area contributed by atoms with E-state index in [1.165, 1.54) is 0 Å². The molecule has 110 valence electrons. The van der Waals surface area contributed by atoms with Gasteiger partial charge in [-0.25, -0.2) is 4.39 Å². The number of nitrogens with two attached hydrogens (primary N) is 1. The van der Waals surface area contributed by atoms with Crippen LogP contribution in [0.25, 0.3) is 0 Å². The smallest absolute Gasteiger partial charge is 0.312 e. The standard InChI is InChI=1S/C13H16BrFN2O3/c1-3-13(2)11(16)6-12(13)20-10-5-8(15)7(14)4-9(10)17(18)19/h4-5,11-12H,3,6,16H2,1-2H3. The van der Waals surface area contributed by atoms with Gasteiger partial charge in [0.1, 0.15) is 11.9 Å². The van der Waals surface area contributed by atoms with Crippen molar-refractivity contribution in [2.75, 3.05) is 0 Å². The van der Waals surface area contributed by atoms with Crippen LogP contribution < -0.4 is 10.5 Å². The SMILES string of the molecule is CCC1(C)C(N)CC1Oc1cc(F)c(Br)cc1[N+](=O)[O-]. The first-order valence-corrected chi connectivity index (χ1v) is 7.14. The second-order valence-electron chi connectivity index (χ2n) is 5.30. The summed E-state index contributed by atoms with van der Waals surface area (Å²) < 4.78 is 19.3. The molecule has 2 N–H and O–H groups in total. The van der Waals surface area contributed by atoms with E-state index in [-0.39, 0.29) is 33.5 Å². The van der Waals surface area contributed by atoms with Crippen LogP contribution in [0, 0.1) is 21.3 Å². The van der Waals surface area contributed by atoms with E-state index in [1.807, 2.05) is 13.8 Å². The van der Waals surface area contributed by atoms with Gasteiger partial charge in [0.05, 0.1) is 9.40 Å². The van der Waals surface area contributed by atoms with Gasteiger partial charge in [0.15, 0.2) is 5.75 Å². The van der Waals surface area contributed by atoms with E-state index in [9.17, 15) is 14.5 Å². The third-order valence-electron chi connectivity index (χ3n) is 4.28. The van der Waals surface area contributed by atoms with Crippen molar-refractivity contribution in [1.82, 2.24) is 0 Å². The zero-order chi connectivity index (χ0) is 15.1. The average molecular weight is 347 g/mol. The second-order valence-corrected chi connectivity index (χ2v) is 6.15. The molecule has 1 aliphatic rings. The molecular formula is C13H16BrFN2O3. The molecular weight excluding hydrogens is 331 g/mol. The van der Waals surface area contributed by atoms with Crippen molar-refractivity contribution in [3.63, 3.8) is 0 Å². The third kappa shape index (κ3) is 2.40. The fourth-order valence-electron chi connectivity index (χ4n) is 2.43. The first kappa shape index (κ1) is 15.2. The van der Waals surface area contributed by atoms with Gasteiger partial charge in [-0.15, -0.1) is 0 Å². The Balaban J connectivity index is 2.30. The van der Waals surface area contributed by atoms with Crippen molar-refractivity contribution in [1.29, 1.82) is 0 Å². The highest BCUT2D eigenvalue weighted by atomic mass is 79.9. The molecule has 1 aromatic rings. The Morgan fingerprint density at radius 2 is 2.30 bits per heavy atom. The van der Waals surface area contributed by atoms with E-state index in [1.54, 1.807) is 0 Å². The third-order valence-corrected chi connectivity index (χ3v) is 4.89. The summed E-state index contributed by atoms with van der Waals surface area (Å²) >= 11 is 2.94. The summed E-state index contributed by atoms with van der Waals surface area (Å²) in [6.45, 7) is 3.97. The normalized spacial score (nSPS) is 28.9. The number of hydrogen-bond acceptors (Lipinski definition) is 4. The highest BCUT2D eigenvalue weighted by molar-refractivity contribution is 9.10. The molecule has 5 nitrogen and oxygen atoms in total. The number of ether oxygens (including phenoxy) is 1. The molecule has 1 saturated carbocycles. The predicted molar refractivity (Wildman–Crippen MR) is 76.2 cm³/mol. The summed E-state index contributed by atoms with van der Waals surface area (Å²) in [5.74, 6) is -0.639. The van der Waals surface area contributed by atoms with Crippen LogP contribution in [0.1, 0.15) is 26.7 Å². The number of rotatable bonds is 4. The summed E-state index contributed by atoms with van der Waals surface area (Å²) in [5, 5.41) is 11.0. The van der Waals surface area contributed by atoms with Gasteiger partial charge in [-0.3, -0.25) is 10.1 Å². The minimum absolute atomic E-state index is 0.00292. The fraction of sp³-hybridized carbons (Fsp3) is 0.538. The van der Waals surface area contributed by atoms with E-state index in [2.05, 4.69) is 15.9 Å². The molecule has 0 aromatic heterocycles. The van der Waals surface area contributed by atoms with E-state index >= 15 is 0 Å². The minimum atomic E-state index is -0.590. The van der Waals surface area contributed by atoms with Gasteiger partial charge in [0.2, 0.25) is 0 Å². The van der Waals surface area contributed by atoms with Crippen LogP contribution in [0.15, 0.2) is 16.6 Å². The highest BCUT2D eigenvalue weighted by Crippen LogP contribution is 2.46. The summed E-state index contributed by atoms with van der Waals surface area (Å²) in [7, 11) is 0. The van der Waals surface area contributed by atoms with Gasteiger partial charge in [0, 0.05) is 30.0 Å². The molecule has 0 saturated heterocycles.